The van der Waals surface area contributed by atoms with Gasteiger partial charge in [0, 0.05) is 19.3 Å². The highest BCUT2D eigenvalue weighted by molar-refractivity contribution is 5.72. The Labute approximate surface area is 330 Å². The summed E-state index contributed by atoms with van der Waals surface area (Å²) >= 11 is 0. The Balaban J connectivity index is 4.51. The van der Waals surface area contributed by atoms with E-state index in [9.17, 15) is 19.5 Å². The Kier molecular flexibility index (Phi) is 34.5. The van der Waals surface area contributed by atoms with Crippen LogP contribution in [0.15, 0.2) is 72.9 Å². The number of quaternary nitrogens is 1. The van der Waals surface area contributed by atoms with Crippen molar-refractivity contribution >= 4 is 17.9 Å². The standard InChI is InChI=1S/C46H77NO7/c1-6-8-10-12-14-16-18-20-21-22-23-25-27-29-31-33-35-37-45(49)54-42(40-52-39-38-43(46(50)51)47(3,4)5)41-53-44(48)36-34-32-30-28-26-24-19-17-15-13-11-9-7-2/h9,11,13,15,17,19-21,23,25,29,31,42-43H,6-8,10,12,14,16,18,22,24,26-28,30,32-41H2,1-5H3/p+1/b11-9+,15-13+,19-17+,21-20+,25-23+,31-29+. The fourth-order valence-corrected chi connectivity index (χ4v) is 5.63. The van der Waals surface area contributed by atoms with Gasteiger partial charge in [-0.3, -0.25) is 9.59 Å². The fraction of sp³-hybridized carbons (Fsp3) is 0.674. The second kappa shape index (κ2) is 36.7. The summed E-state index contributed by atoms with van der Waals surface area (Å²) in [4.78, 5) is 36.9. The van der Waals surface area contributed by atoms with Crippen molar-refractivity contribution in [1.29, 1.82) is 0 Å². The lowest BCUT2D eigenvalue weighted by molar-refractivity contribution is -0.887. The summed E-state index contributed by atoms with van der Waals surface area (Å²) in [6.07, 6.45) is 45.3. The van der Waals surface area contributed by atoms with Crippen molar-refractivity contribution in [3.63, 3.8) is 0 Å². The fourth-order valence-electron chi connectivity index (χ4n) is 5.63. The van der Waals surface area contributed by atoms with E-state index in [1.165, 1.54) is 44.9 Å². The lowest BCUT2D eigenvalue weighted by Crippen LogP contribution is -2.50. The number of hydrogen-bond donors (Lipinski definition) is 1. The third-order valence-corrected chi connectivity index (χ3v) is 8.90. The van der Waals surface area contributed by atoms with Gasteiger partial charge in [-0.1, -0.05) is 138 Å². The van der Waals surface area contributed by atoms with E-state index in [4.69, 9.17) is 14.2 Å². The van der Waals surface area contributed by atoms with E-state index in [1.54, 1.807) is 0 Å². The maximum absolute atomic E-state index is 12.7. The summed E-state index contributed by atoms with van der Waals surface area (Å²) in [6.45, 7) is 4.50. The van der Waals surface area contributed by atoms with E-state index in [0.29, 0.717) is 19.3 Å². The van der Waals surface area contributed by atoms with Crippen molar-refractivity contribution in [1.82, 2.24) is 0 Å². The quantitative estimate of drug-likeness (QED) is 0.0223. The van der Waals surface area contributed by atoms with Crippen LogP contribution in [0.2, 0.25) is 0 Å². The summed E-state index contributed by atoms with van der Waals surface area (Å²) < 4.78 is 17.2. The first-order valence-corrected chi connectivity index (χ1v) is 21.0. The number of hydrogen-bond acceptors (Lipinski definition) is 6. The van der Waals surface area contributed by atoms with Crippen LogP contribution in [0.5, 0.6) is 0 Å². The third-order valence-electron chi connectivity index (χ3n) is 8.90. The van der Waals surface area contributed by atoms with Crippen molar-refractivity contribution in [2.24, 2.45) is 0 Å². The van der Waals surface area contributed by atoms with Gasteiger partial charge in [0.05, 0.1) is 34.4 Å². The van der Waals surface area contributed by atoms with Gasteiger partial charge in [-0.05, 0) is 64.2 Å². The number of allylic oxidation sites excluding steroid dienone is 12. The minimum atomic E-state index is -0.889. The first kappa shape index (κ1) is 50.8. The second-order valence-electron chi connectivity index (χ2n) is 14.9. The van der Waals surface area contributed by atoms with Gasteiger partial charge in [0.2, 0.25) is 0 Å². The number of nitrogens with zero attached hydrogens (tertiary/aromatic N) is 1. The first-order chi connectivity index (χ1) is 26.1. The second-order valence-corrected chi connectivity index (χ2v) is 14.9. The Morgan fingerprint density at radius 1 is 0.593 bits per heavy atom. The number of likely N-dealkylation sites (N-methyl/N-ethyl adjacent to an activating group) is 1. The number of carbonyl (C=O) groups excluding carboxylic acids is 2. The minimum absolute atomic E-state index is 0.0304. The largest absolute Gasteiger partial charge is 0.477 e. The SMILES string of the molecule is CC/C=C/C=C/C=C/CCCCCCCC(=O)OCC(COCCC(C(=O)O)[N+](C)(C)C)OC(=O)CCC/C=C/C/C=C/C/C=C/CCCCCCCC. The molecule has 0 spiro atoms. The molecule has 0 fully saturated rings. The molecule has 0 saturated carbocycles. The predicted molar refractivity (Wildman–Crippen MR) is 224 cm³/mol. The molecule has 0 aromatic heterocycles. The van der Waals surface area contributed by atoms with Gasteiger partial charge in [0.25, 0.3) is 0 Å². The average Bonchev–Trinajstić information content (AvgIpc) is 3.12. The normalized spacial score (nSPS) is 13.7. The maximum atomic E-state index is 12.7. The molecular formula is C46H78NO7+. The summed E-state index contributed by atoms with van der Waals surface area (Å²) in [5.74, 6) is -1.57. The molecule has 0 aliphatic carbocycles. The number of carbonyl (C=O) groups is 3. The van der Waals surface area contributed by atoms with Gasteiger partial charge in [-0.2, -0.15) is 0 Å². The van der Waals surface area contributed by atoms with E-state index in [2.05, 4.69) is 74.6 Å². The molecule has 8 nitrogen and oxygen atoms in total. The lowest BCUT2D eigenvalue weighted by atomic mass is 10.1. The zero-order valence-corrected chi connectivity index (χ0v) is 34.9. The molecule has 0 aromatic rings. The minimum Gasteiger partial charge on any atom is -0.477 e. The number of rotatable bonds is 36. The Morgan fingerprint density at radius 3 is 1.74 bits per heavy atom. The Morgan fingerprint density at radius 2 is 1.13 bits per heavy atom. The molecule has 8 heteroatoms. The molecule has 0 aromatic carbocycles. The molecule has 1 N–H and O–H groups in total. The highest BCUT2D eigenvalue weighted by Crippen LogP contribution is 2.12. The van der Waals surface area contributed by atoms with Gasteiger partial charge >= 0.3 is 17.9 Å². The van der Waals surface area contributed by atoms with E-state index in [0.717, 1.165) is 64.2 Å². The molecule has 2 unspecified atom stereocenters. The predicted octanol–water partition coefficient (Wildman–Crippen LogP) is 11.2. The van der Waals surface area contributed by atoms with Crippen molar-refractivity contribution < 1.29 is 38.2 Å². The van der Waals surface area contributed by atoms with Crippen LogP contribution in [0, 0.1) is 0 Å². The molecule has 0 amide bonds. The maximum Gasteiger partial charge on any atom is 0.362 e. The molecule has 0 bridgehead atoms. The molecule has 0 aliphatic heterocycles. The van der Waals surface area contributed by atoms with E-state index >= 15 is 0 Å². The van der Waals surface area contributed by atoms with Crippen LogP contribution in [0.25, 0.3) is 0 Å². The topological polar surface area (TPSA) is 99.1 Å². The van der Waals surface area contributed by atoms with Gasteiger partial charge in [-0.25, -0.2) is 4.79 Å². The van der Waals surface area contributed by atoms with Crippen LogP contribution >= 0.6 is 0 Å². The van der Waals surface area contributed by atoms with Gasteiger partial charge < -0.3 is 23.8 Å². The monoisotopic (exact) mass is 757 g/mol. The van der Waals surface area contributed by atoms with Crippen molar-refractivity contribution in [2.45, 2.75) is 161 Å². The highest BCUT2D eigenvalue weighted by Gasteiger charge is 2.31. The highest BCUT2D eigenvalue weighted by atomic mass is 16.6. The smallest absolute Gasteiger partial charge is 0.362 e. The molecule has 0 aliphatic rings. The Hall–Kier alpha value is -3.23. The van der Waals surface area contributed by atoms with E-state index in [1.807, 2.05) is 33.3 Å². The summed E-state index contributed by atoms with van der Waals surface area (Å²) in [7, 11) is 5.49. The lowest BCUT2D eigenvalue weighted by Gasteiger charge is -2.31. The van der Waals surface area contributed by atoms with Crippen LogP contribution < -0.4 is 0 Å². The number of carboxylic acid groups (broad SMARTS) is 1. The van der Waals surface area contributed by atoms with Gasteiger partial charge in [0.1, 0.15) is 6.61 Å². The van der Waals surface area contributed by atoms with Crippen LogP contribution in [-0.2, 0) is 28.6 Å². The average molecular weight is 757 g/mol. The van der Waals surface area contributed by atoms with Gasteiger partial charge in [-0.15, -0.1) is 0 Å². The van der Waals surface area contributed by atoms with Crippen LogP contribution in [0.4, 0.5) is 0 Å². The number of carboxylic acids is 1. The van der Waals surface area contributed by atoms with Crippen molar-refractivity contribution in [3.8, 4) is 0 Å². The molecule has 0 heterocycles. The summed E-state index contributed by atoms with van der Waals surface area (Å²) in [6, 6.07) is -0.629. The number of esters is 2. The summed E-state index contributed by atoms with van der Waals surface area (Å²) in [5, 5.41) is 9.60. The van der Waals surface area contributed by atoms with Crippen molar-refractivity contribution in [3.05, 3.63) is 72.9 Å². The number of ether oxygens (including phenoxy) is 3. The zero-order chi connectivity index (χ0) is 40.0. The van der Waals surface area contributed by atoms with Crippen LogP contribution in [0.3, 0.4) is 0 Å². The number of aliphatic carboxylic acids is 1. The zero-order valence-electron chi connectivity index (χ0n) is 34.9. The first-order valence-electron chi connectivity index (χ1n) is 21.0. The van der Waals surface area contributed by atoms with E-state index in [-0.39, 0.29) is 42.7 Å². The molecule has 0 radical (unpaired) electrons. The third kappa shape index (κ3) is 34.5. The molecule has 308 valence electrons. The number of unbranched alkanes of at least 4 members (excludes halogenated alkanes) is 12. The molecule has 2 atom stereocenters. The molecule has 0 saturated heterocycles. The molecular weight excluding hydrogens is 679 g/mol. The Bertz CT molecular complexity index is 1110. The van der Waals surface area contributed by atoms with E-state index < -0.39 is 18.1 Å². The summed E-state index contributed by atoms with van der Waals surface area (Å²) in [5.41, 5.74) is 0. The van der Waals surface area contributed by atoms with Crippen molar-refractivity contribution in [2.75, 3.05) is 41.0 Å². The van der Waals surface area contributed by atoms with Gasteiger partial charge in [0.15, 0.2) is 12.1 Å². The molecule has 54 heavy (non-hydrogen) atoms. The van der Waals surface area contributed by atoms with Crippen LogP contribution in [0.1, 0.15) is 149 Å². The van der Waals surface area contributed by atoms with Crippen LogP contribution in [-0.4, -0.2) is 80.6 Å². The molecule has 0 rings (SSSR count).